The lowest BCUT2D eigenvalue weighted by Gasteiger charge is -2.37. The smallest absolute Gasteiger partial charge is 0.289 e. The molecule has 1 unspecified atom stereocenters. The van der Waals surface area contributed by atoms with Gasteiger partial charge in [0.15, 0.2) is 0 Å². The number of nitriles is 1. The number of nitrogens with one attached hydrogen (secondary N) is 1. The second-order valence-electron chi connectivity index (χ2n) is 5.38. The molecule has 1 saturated heterocycles. The Kier molecular flexibility index (Phi) is 4.73. The number of nitro groups is 1. The Balaban J connectivity index is 2.05. The number of piperazine rings is 1. The molecule has 0 saturated carbocycles. The van der Waals surface area contributed by atoms with Crippen LogP contribution < -0.4 is 5.32 Å². The molecule has 7 nitrogen and oxygen atoms in total. The zero-order valence-corrected chi connectivity index (χ0v) is 12.2. The fourth-order valence-electron chi connectivity index (χ4n) is 2.44. The summed E-state index contributed by atoms with van der Waals surface area (Å²) in [5, 5.41) is 23.0. The van der Waals surface area contributed by atoms with Gasteiger partial charge < -0.3 is 10.2 Å². The quantitative estimate of drug-likeness (QED) is 0.660. The summed E-state index contributed by atoms with van der Waals surface area (Å²) < 4.78 is 0. The van der Waals surface area contributed by atoms with E-state index in [0.29, 0.717) is 18.3 Å². The molecular weight excluding hydrogens is 270 g/mol. The third-order valence-electron chi connectivity index (χ3n) is 3.84. The summed E-state index contributed by atoms with van der Waals surface area (Å²) in [6.07, 6.45) is 0. The fraction of sp³-hybridized carbons (Fsp3) is 0.500. The second-order valence-corrected chi connectivity index (χ2v) is 5.38. The van der Waals surface area contributed by atoms with Gasteiger partial charge in [0.1, 0.15) is 11.6 Å². The van der Waals surface area contributed by atoms with Gasteiger partial charge in [0.05, 0.1) is 4.92 Å². The predicted molar refractivity (Wildman–Crippen MR) is 80.2 cm³/mol. The highest BCUT2D eigenvalue weighted by atomic mass is 16.6. The maximum atomic E-state index is 10.9. The molecule has 0 aromatic heterocycles. The van der Waals surface area contributed by atoms with E-state index in [4.69, 9.17) is 5.26 Å². The van der Waals surface area contributed by atoms with Crippen LogP contribution in [0.1, 0.15) is 5.56 Å². The van der Waals surface area contributed by atoms with E-state index in [1.54, 1.807) is 6.07 Å². The monoisotopic (exact) mass is 289 g/mol. The first-order valence-electron chi connectivity index (χ1n) is 6.82. The van der Waals surface area contributed by atoms with Crippen LogP contribution in [0.25, 0.3) is 0 Å². The predicted octanol–water partition coefficient (Wildman–Crippen LogP) is 1.12. The van der Waals surface area contributed by atoms with Crippen LogP contribution in [0.3, 0.4) is 0 Å². The van der Waals surface area contributed by atoms with Crippen LogP contribution in [0.2, 0.25) is 0 Å². The Morgan fingerprint density at radius 1 is 1.48 bits per heavy atom. The van der Waals surface area contributed by atoms with Crippen molar-refractivity contribution in [1.29, 1.82) is 5.26 Å². The Bertz CT molecular complexity index is 569. The molecule has 0 bridgehead atoms. The van der Waals surface area contributed by atoms with Crippen LogP contribution in [-0.2, 0) is 0 Å². The average Bonchev–Trinajstić information content (AvgIpc) is 2.47. The minimum absolute atomic E-state index is 0.0834. The van der Waals surface area contributed by atoms with Crippen molar-refractivity contribution in [3.63, 3.8) is 0 Å². The van der Waals surface area contributed by atoms with Crippen LogP contribution >= 0.6 is 0 Å². The number of anilines is 1. The highest BCUT2D eigenvalue weighted by Gasteiger charge is 2.22. The molecular formula is C14H19N5O2. The topological polar surface area (TPSA) is 85.4 Å². The largest absolute Gasteiger partial charge is 0.383 e. The first kappa shape index (κ1) is 15.2. The normalized spacial score (nSPS) is 20.0. The summed E-state index contributed by atoms with van der Waals surface area (Å²) >= 11 is 0. The number of likely N-dealkylation sites (N-methyl/N-ethyl adjacent to an activating group) is 2. The third-order valence-corrected chi connectivity index (χ3v) is 3.84. The summed E-state index contributed by atoms with van der Waals surface area (Å²) in [7, 11) is 4.17. The SMILES string of the molecule is CN1CCN(C)C(CNc2ccc(C#N)c([N+](=O)[O-])c2)C1. The van der Waals surface area contributed by atoms with Crippen molar-refractivity contribution in [2.45, 2.75) is 6.04 Å². The number of rotatable bonds is 4. The summed E-state index contributed by atoms with van der Waals surface area (Å²) in [5.74, 6) is 0. The van der Waals surface area contributed by atoms with E-state index in [9.17, 15) is 10.1 Å². The standard InChI is InChI=1S/C14H19N5O2/c1-17-5-6-18(2)13(10-17)9-16-12-4-3-11(8-15)14(7-12)19(20)21/h3-4,7,13,16H,5-6,9-10H2,1-2H3. The van der Waals surface area contributed by atoms with Gasteiger partial charge in [-0.1, -0.05) is 0 Å². The number of benzene rings is 1. The number of hydrogen-bond donors (Lipinski definition) is 1. The summed E-state index contributed by atoms with van der Waals surface area (Å²) in [6.45, 7) is 3.73. The van der Waals surface area contributed by atoms with E-state index in [2.05, 4.69) is 29.2 Å². The van der Waals surface area contributed by atoms with E-state index in [0.717, 1.165) is 19.6 Å². The van der Waals surface area contributed by atoms with E-state index in [-0.39, 0.29) is 11.3 Å². The van der Waals surface area contributed by atoms with E-state index >= 15 is 0 Å². The van der Waals surface area contributed by atoms with Gasteiger partial charge in [-0.05, 0) is 26.2 Å². The molecule has 7 heteroatoms. The minimum Gasteiger partial charge on any atom is -0.383 e. The molecule has 112 valence electrons. The van der Waals surface area contributed by atoms with Crippen molar-refractivity contribution in [1.82, 2.24) is 9.80 Å². The Labute approximate surface area is 123 Å². The third kappa shape index (κ3) is 3.68. The van der Waals surface area contributed by atoms with E-state index in [1.165, 1.54) is 12.1 Å². The molecule has 1 aliphatic heterocycles. The highest BCUT2D eigenvalue weighted by molar-refractivity contribution is 5.59. The molecule has 1 aromatic carbocycles. The lowest BCUT2D eigenvalue weighted by atomic mass is 10.1. The molecule has 1 aliphatic rings. The molecule has 0 aliphatic carbocycles. The van der Waals surface area contributed by atoms with Crippen molar-refractivity contribution in [2.75, 3.05) is 45.6 Å². The molecule has 1 heterocycles. The molecule has 0 amide bonds. The molecule has 1 atom stereocenters. The zero-order valence-electron chi connectivity index (χ0n) is 12.2. The highest BCUT2D eigenvalue weighted by Crippen LogP contribution is 2.22. The number of hydrogen-bond acceptors (Lipinski definition) is 6. The van der Waals surface area contributed by atoms with Gasteiger partial charge in [0.25, 0.3) is 5.69 Å². The van der Waals surface area contributed by atoms with Gasteiger partial charge in [0, 0.05) is 44.0 Å². The van der Waals surface area contributed by atoms with Crippen LogP contribution in [0.4, 0.5) is 11.4 Å². The van der Waals surface area contributed by atoms with Crippen molar-refractivity contribution < 1.29 is 4.92 Å². The van der Waals surface area contributed by atoms with Crippen molar-refractivity contribution >= 4 is 11.4 Å². The second kappa shape index (κ2) is 6.52. The van der Waals surface area contributed by atoms with Gasteiger partial charge in [0.2, 0.25) is 0 Å². The first-order chi connectivity index (χ1) is 10.0. The van der Waals surface area contributed by atoms with Crippen LogP contribution in [0.15, 0.2) is 18.2 Å². The Morgan fingerprint density at radius 2 is 2.24 bits per heavy atom. The van der Waals surface area contributed by atoms with Crippen LogP contribution in [0, 0.1) is 21.4 Å². The zero-order chi connectivity index (χ0) is 15.4. The molecule has 1 N–H and O–H groups in total. The summed E-state index contributed by atoms with van der Waals surface area (Å²) in [6, 6.07) is 6.81. The van der Waals surface area contributed by atoms with Crippen molar-refractivity contribution in [3.8, 4) is 6.07 Å². The maximum absolute atomic E-state index is 10.9. The van der Waals surface area contributed by atoms with Gasteiger partial charge in [-0.15, -0.1) is 0 Å². The van der Waals surface area contributed by atoms with Gasteiger partial charge in [-0.2, -0.15) is 5.26 Å². The molecule has 21 heavy (non-hydrogen) atoms. The van der Waals surface area contributed by atoms with Crippen LogP contribution in [0.5, 0.6) is 0 Å². The van der Waals surface area contributed by atoms with Gasteiger partial charge in [-0.3, -0.25) is 15.0 Å². The number of nitrogens with zero attached hydrogens (tertiary/aromatic N) is 4. The first-order valence-corrected chi connectivity index (χ1v) is 6.82. The molecule has 0 radical (unpaired) electrons. The average molecular weight is 289 g/mol. The summed E-state index contributed by atoms with van der Waals surface area (Å²) in [5.41, 5.74) is 0.596. The van der Waals surface area contributed by atoms with Gasteiger partial charge in [-0.25, -0.2) is 0 Å². The molecule has 1 fully saturated rings. The van der Waals surface area contributed by atoms with Gasteiger partial charge >= 0.3 is 0 Å². The molecule has 0 spiro atoms. The Morgan fingerprint density at radius 3 is 2.90 bits per heavy atom. The fourth-order valence-corrected chi connectivity index (χ4v) is 2.44. The maximum Gasteiger partial charge on any atom is 0.289 e. The van der Waals surface area contributed by atoms with Crippen molar-refractivity contribution in [2.24, 2.45) is 0 Å². The van der Waals surface area contributed by atoms with E-state index < -0.39 is 4.92 Å². The molecule has 2 rings (SSSR count). The molecule has 1 aromatic rings. The Hall–Kier alpha value is -2.17. The minimum atomic E-state index is -0.524. The van der Waals surface area contributed by atoms with Crippen LogP contribution in [-0.4, -0.2) is 61.0 Å². The lowest BCUT2D eigenvalue weighted by molar-refractivity contribution is -0.385. The van der Waals surface area contributed by atoms with Crippen molar-refractivity contribution in [3.05, 3.63) is 33.9 Å². The lowest BCUT2D eigenvalue weighted by Crippen LogP contribution is -2.52. The summed E-state index contributed by atoms with van der Waals surface area (Å²) in [4.78, 5) is 15.0. The van der Waals surface area contributed by atoms with E-state index in [1.807, 2.05) is 6.07 Å². The number of nitro benzene ring substituents is 1.